The van der Waals surface area contributed by atoms with E-state index < -0.39 is 10.0 Å². The van der Waals surface area contributed by atoms with Crippen LogP contribution >= 0.6 is 0 Å². The van der Waals surface area contributed by atoms with Crippen LogP contribution in [0.3, 0.4) is 0 Å². The van der Waals surface area contributed by atoms with Crippen molar-refractivity contribution in [2.45, 2.75) is 32.2 Å². The molecule has 6 nitrogen and oxygen atoms in total. The number of pyridine rings is 1. The topological polar surface area (TPSA) is 76.9 Å². The molecule has 1 aliphatic carbocycles. The van der Waals surface area contributed by atoms with E-state index in [0.29, 0.717) is 6.54 Å². The molecule has 2 heterocycles. The predicted molar refractivity (Wildman–Crippen MR) is 114 cm³/mol. The number of hydrogen-bond acceptors (Lipinski definition) is 4. The summed E-state index contributed by atoms with van der Waals surface area (Å²) in [7, 11) is -3.50. The van der Waals surface area contributed by atoms with Crippen molar-refractivity contribution in [2.75, 3.05) is 6.54 Å². The van der Waals surface area contributed by atoms with Crippen molar-refractivity contribution in [3.8, 4) is 11.4 Å². The number of benzene rings is 1. The van der Waals surface area contributed by atoms with Crippen LogP contribution in [-0.4, -0.2) is 29.7 Å². The zero-order valence-electron chi connectivity index (χ0n) is 16.2. The van der Waals surface area contributed by atoms with E-state index in [1.54, 1.807) is 12.3 Å². The van der Waals surface area contributed by atoms with Gasteiger partial charge in [-0.15, -0.1) is 0 Å². The van der Waals surface area contributed by atoms with Crippen LogP contribution < -0.4 is 4.72 Å². The quantitative estimate of drug-likeness (QED) is 0.650. The molecule has 4 rings (SSSR count). The Balaban J connectivity index is 1.46. The van der Waals surface area contributed by atoms with Crippen LogP contribution in [0.15, 0.2) is 60.1 Å². The summed E-state index contributed by atoms with van der Waals surface area (Å²) in [6.45, 7) is 0.783. The highest BCUT2D eigenvalue weighted by atomic mass is 32.2. The smallest absolute Gasteiger partial charge is 0.233 e. The third-order valence-electron chi connectivity index (χ3n) is 5.03. The standard InChI is InChI=1S/C22H24N4O2S/c27-29(28,17-13-18-8-2-1-3-9-18)24-15-16-26-21-12-5-4-10-19(21)22(25-26)20-11-6-7-14-23-20/h1-3,6-9,11,13-14,17,24H,4-5,10,12,15-16H2/b17-13+. The molecule has 7 heteroatoms. The predicted octanol–water partition coefficient (Wildman–Crippen LogP) is 3.41. The molecule has 1 N–H and O–H groups in total. The van der Waals surface area contributed by atoms with Crippen molar-refractivity contribution in [3.63, 3.8) is 0 Å². The Morgan fingerprint density at radius 3 is 2.62 bits per heavy atom. The number of nitrogens with one attached hydrogen (secondary N) is 1. The van der Waals surface area contributed by atoms with Gasteiger partial charge in [0.15, 0.2) is 0 Å². The number of sulfonamides is 1. The van der Waals surface area contributed by atoms with Crippen molar-refractivity contribution in [1.82, 2.24) is 19.5 Å². The number of fused-ring (bicyclic) bond motifs is 1. The van der Waals surface area contributed by atoms with Crippen molar-refractivity contribution in [2.24, 2.45) is 0 Å². The normalized spacial score (nSPS) is 14.2. The molecule has 2 aromatic heterocycles. The molecule has 0 fully saturated rings. The van der Waals surface area contributed by atoms with Crippen LogP contribution in [0, 0.1) is 0 Å². The zero-order valence-corrected chi connectivity index (χ0v) is 17.0. The lowest BCUT2D eigenvalue weighted by atomic mass is 9.95. The molecular weight excluding hydrogens is 384 g/mol. The molecule has 0 amide bonds. The molecule has 0 bridgehead atoms. The first-order valence-corrected chi connectivity index (χ1v) is 11.4. The van der Waals surface area contributed by atoms with Gasteiger partial charge < -0.3 is 0 Å². The second kappa shape index (κ2) is 8.71. The van der Waals surface area contributed by atoms with Crippen molar-refractivity contribution < 1.29 is 8.42 Å². The minimum Gasteiger partial charge on any atom is -0.267 e. The lowest BCUT2D eigenvalue weighted by Gasteiger charge is -2.14. The van der Waals surface area contributed by atoms with Crippen LogP contribution in [0.2, 0.25) is 0 Å². The molecule has 0 saturated carbocycles. The third-order valence-corrected chi connectivity index (χ3v) is 6.13. The Kier molecular flexibility index (Phi) is 5.87. The van der Waals surface area contributed by atoms with E-state index in [0.717, 1.165) is 42.6 Å². The Hall–Kier alpha value is -2.77. The van der Waals surface area contributed by atoms with E-state index in [4.69, 9.17) is 5.10 Å². The number of aromatic nitrogens is 3. The fourth-order valence-electron chi connectivity index (χ4n) is 3.64. The lowest BCUT2D eigenvalue weighted by molar-refractivity contribution is 0.542. The van der Waals surface area contributed by atoms with E-state index >= 15 is 0 Å². The molecule has 0 unspecified atom stereocenters. The van der Waals surface area contributed by atoms with Gasteiger partial charge in [0.1, 0.15) is 5.69 Å². The highest BCUT2D eigenvalue weighted by Crippen LogP contribution is 2.30. The zero-order chi connectivity index (χ0) is 20.1. The Morgan fingerprint density at radius 1 is 1.03 bits per heavy atom. The Bertz CT molecular complexity index is 1090. The molecule has 0 spiro atoms. The van der Waals surface area contributed by atoms with Crippen LogP contribution in [0.4, 0.5) is 0 Å². The maximum Gasteiger partial charge on any atom is 0.233 e. The van der Waals surface area contributed by atoms with Crippen LogP contribution in [0.5, 0.6) is 0 Å². The molecule has 1 aromatic carbocycles. The molecule has 150 valence electrons. The van der Waals surface area contributed by atoms with Crippen molar-refractivity contribution >= 4 is 16.1 Å². The van der Waals surface area contributed by atoms with Gasteiger partial charge in [0, 0.05) is 29.4 Å². The van der Waals surface area contributed by atoms with Crippen LogP contribution in [0.25, 0.3) is 17.5 Å². The van der Waals surface area contributed by atoms with E-state index in [1.165, 1.54) is 16.7 Å². The molecule has 0 radical (unpaired) electrons. The van der Waals surface area contributed by atoms with Gasteiger partial charge in [0.25, 0.3) is 0 Å². The maximum atomic E-state index is 12.3. The van der Waals surface area contributed by atoms with Gasteiger partial charge in [0.2, 0.25) is 10.0 Å². The van der Waals surface area contributed by atoms with Gasteiger partial charge >= 0.3 is 0 Å². The monoisotopic (exact) mass is 408 g/mol. The largest absolute Gasteiger partial charge is 0.267 e. The highest BCUT2D eigenvalue weighted by Gasteiger charge is 2.22. The molecular formula is C22H24N4O2S. The van der Waals surface area contributed by atoms with E-state index in [2.05, 4.69) is 9.71 Å². The van der Waals surface area contributed by atoms with Gasteiger partial charge in [-0.05, 0) is 49.5 Å². The molecule has 3 aromatic rings. The minimum atomic E-state index is -3.50. The van der Waals surface area contributed by atoms with E-state index in [1.807, 2.05) is 53.2 Å². The first-order valence-electron chi connectivity index (χ1n) is 9.85. The summed E-state index contributed by atoms with van der Waals surface area (Å²) in [6, 6.07) is 15.2. The van der Waals surface area contributed by atoms with Crippen LogP contribution in [0.1, 0.15) is 29.7 Å². The SMILES string of the molecule is O=S(=O)(/C=C/c1ccccc1)NCCn1nc(-c2ccccn2)c2c1CCCC2. The fraction of sp³-hybridized carbons (Fsp3) is 0.273. The summed E-state index contributed by atoms with van der Waals surface area (Å²) in [5.74, 6) is 0. The Labute approximate surface area is 171 Å². The number of nitrogens with zero attached hydrogens (tertiary/aromatic N) is 3. The molecule has 0 saturated heterocycles. The second-order valence-corrected chi connectivity index (χ2v) is 8.72. The van der Waals surface area contributed by atoms with Gasteiger partial charge in [-0.3, -0.25) is 9.67 Å². The average Bonchev–Trinajstić information content (AvgIpc) is 3.13. The lowest BCUT2D eigenvalue weighted by Crippen LogP contribution is -2.26. The van der Waals surface area contributed by atoms with Gasteiger partial charge in [-0.2, -0.15) is 5.10 Å². The fourth-order valence-corrected chi connectivity index (χ4v) is 4.45. The summed E-state index contributed by atoms with van der Waals surface area (Å²) in [5, 5.41) is 5.99. The minimum absolute atomic E-state index is 0.289. The maximum absolute atomic E-state index is 12.3. The van der Waals surface area contributed by atoms with Gasteiger partial charge in [-0.1, -0.05) is 36.4 Å². The summed E-state index contributed by atoms with van der Waals surface area (Å²) >= 11 is 0. The second-order valence-electron chi connectivity index (χ2n) is 7.07. The van der Waals surface area contributed by atoms with Crippen LogP contribution in [-0.2, 0) is 29.4 Å². The highest BCUT2D eigenvalue weighted by molar-refractivity contribution is 7.92. The summed E-state index contributed by atoms with van der Waals surface area (Å²) in [4.78, 5) is 4.45. The average molecular weight is 409 g/mol. The summed E-state index contributed by atoms with van der Waals surface area (Å²) < 4.78 is 29.1. The van der Waals surface area contributed by atoms with Gasteiger partial charge in [0.05, 0.1) is 12.2 Å². The number of hydrogen-bond donors (Lipinski definition) is 1. The number of rotatable bonds is 7. The summed E-state index contributed by atoms with van der Waals surface area (Å²) in [6.07, 6.45) is 7.61. The van der Waals surface area contributed by atoms with E-state index in [-0.39, 0.29) is 6.54 Å². The molecule has 0 aliphatic heterocycles. The molecule has 0 atom stereocenters. The first kappa shape index (κ1) is 19.5. The Morgan fingerprint density at radius 2 is 1.83 bits per heavy atom. The molecule has 29 heavy (non-hydrogen) atoms. The van der Waals surface area contributed by atoms with E-state index in [9.17, 15) is 8.42 Å². The summed E-state index contributed by atoms with van der Waals surface area (Å²) in [5.41, 5.74) is 5.10. The third kappa shape index (κ3) is 4.81. The first-order chi connectivity index (χ1) is 14.1. The van der Waals surface area contributed by atoms with Gasteiger partial charge in [-0.25, -0.2) is 13.1 Å². The molecule has 1 aliphatic rings. The van der Waals surface area contributed by atoms with Crippen molar-refractivity contribution in [3.05, 3.63) is 77.0 Å². The van der Waals surface area contributed by atoms with Crippen molar-refractivity contribution in [1.29, 1.82) is 0 Å².